The normalized spacial score (nSPS) is 15.8. The molecular formula is C26H31N3O2S. The predicted molar refractivity (Wildman–Crippen MR) is 134 cm³/mol. The van der Waals surface area contributed by atoms with Gasteiger partial charge in [0.25, 0.3) is 5.56 Å². The van der Waals surface area contributed by atoms with Crippen LogP contribution < -0.4 is 10.9 Å². The van der Waals surface area contributed by atoms with Crippen molar-refractivity contribution in [1.82, 2.24) is 15.2 Å². The molecule has 168 valence electrons. The Morgan fingerprint density at radius 3 is 2.59 bits per heavy atom. The van der Waals surface area contributed by atoms with Gasteiger partial charge in [0.1, 0.15) is 0 Å². The number of hydrogen-bond donors (Lipinski definition) is 2. The van der Waals surface area contributed by atoms with Crippen molar-refractivity contribution in [3.63, 3.8) is 0 Å². The summed E-state index contributed by atoms with van der Waals surface area (Å²) < 4.78 is 5.73. The summed E-state index contributed by atoms with van der Waals surface area (Å²) in [5.41, 5.74) is 6.25. The molecule has 0 aliphatic carbocycles. The van der Waals surface area contributed by atoms with Gasteiger partial charge in [0.05, 0.1) is 12.6 Å². The van der Waals surface area contributed by atoms with Gasteiger partial charge >= 0.3 is 0 Å². The average Bonchev–Trinajstić information content (AvgIpc) is 3.29. The summed E-state index contributed by atoms with van der Waals surface area (Å²) in [7, 11) is 0. The molecule has 2 heterocycles. The number of thiocarbonyl (C=S) groups is 1. The van der Waals surface area contributed by atoms with Crippen LogP contribution in [0.25, 0.3) is 10.9 Å². The minimum absolute atomic E-state index is 0.0726. The summed E-state index contributed by atoms with van der Waals surface area (Å²) in [6, 6.07) is 14.6. The van der Waals surface area contributed by atoms with Crippen LogP contribution in [0.1, 0.15) is 40.7 Å². The van der Waals surface area contributed by atoms with Gasteiger partial charge in [-0.3, -0.25) is 4.79 Å². The first-order valence-corrected chi connectivity index (χ1v) is 11.6. The molecule has 5 nitrogen and oxygen atoms in total. The fourth-order valence-electron chi connectivity index (χ4n) is 4.08. The van der Waals surface area contributed by atoms with Crippen molar-refractivity contribution in [2.45, 2.75) is 52.8 Å². The van der Waals surface area contributed by atoms with Crippen LogP contribution in [0.2, 0.25) is 0 Å². The number of nitrogens with one attached hydrogen (secondary N) is 2. The smallest absolute Gasteiger partial charge is 0.253 e. The van der Waals surface area contributed by atoms with E-state index in [1.165, 1.54) is 16.7 Å². The maximum absolute atomic E-state index is 12.9. The van der Waals surface area contributed by atoms with E-state index in [2.05, 4.69) is 66.3 Å². The number of hydrogen-bond acceptors (Lipinski definition) is 3. The van der Waals surface area contributed by atoms with Crippen molar-refractivity contribution >= 4 is 28.2 Å². The maximum atomic E-state index is 12.9. The molecule has 2 aromatic carbocycles. The first kappa shape index (κ1) is 22.5. The number of aryl methyl sites for hydroxylation is 3. The topological polar surface area (TPSA) is 57.4 Å². The molecule has 0 spiro atoms. The molecule has 32 heavy (non-hydrogen) atoms. The van der Waals surface area contributed by atoms with E-state index < -0.39 is 0 Å². The van der Waals surface area contributed by atoms with Crippen molar-refractivity contribution in [3.8, 4) is 0 Å². The number of aromatic amines is 1. The molecule has 0 radical (unpaired) electrons. The lowest BCUT2D eigenvalue weighted by molar-refractivity contribution is 0.113. The van der Waals surface area contributed by atoms with Gasteiger partial charge in [-0.1, -0.05) is 29.8 Å². The van der Waals surface area contributed by atoms with E-state index in [1.807, 2.05) is 12.1 Å². The fraction of sp³-hybridized carbons (Fsp3) is 0.385. The summed E-state index contributed by atoms with van der Waals surface area (Å²) >= 11 is 5.76. The minimum atomic E-state index is -0.0726. The highest BCUT2D eigenvalue weighted by Gasteiger charge is 2.18. The molecule has 3 aromatic rings. The SMILES string of the molecule is Cc1ccc(CN(Cc2cc3cc(C)c(C)cc3[nH]c2=O)C(=S)NC[C@@H]2CCCO2)cc1. The lowest BCUT2D eigenvalue weighted by atomic mass is 10.0. The highest BCUT2D eigenvalue weighted by Crippen LogP contribution is 2.19. The second kappa shape index (κ2) is 9.84. The number of aromatic nitrogens is 1. The monoisotopic (exact) mass is 449 g/mol. The van der Waals surface area contributed by atoms with Crippen molar-refractivity contribution in [2.24, 2.45) is 0 Å². The summed E-state index contributed by atoms with van der Waals surface area (Å²) in [5, 5.41) is 5.05. The summed E-state index contributed by atoms with van der Waals surface area (Å²) in [4.78, 5) is 18.0. The average molecular weight is 450 g/mol. The molecule has 1 saturated heterocycles. The third-order valence-electron chi connectivity index (χ3n) is 6.18. The van der Waals surface area contributed by atoms with E-state index in [0.29, 0.717) is 30.3 Å². The Morgan fingerprint density at radius 1 is 1.12 bits per heavy atom. The maximum Gasteiger partial charge on any atom is 0.253 e. The van der Waals surface area contributed by atoms with Crippen LogP contribution in [0.5, 0.6) is 0 Å². The number of fused-ring (bicyclic) bond motifs is 1. The number of pyridine rings is 1. The second-order valence-electron chi connectivity index (χ2n) is 8.81. The third-order valence-corrected chi connectivity index (χ3v) is 6.59. The van der Waals surface area contributed by atoms with Crippen molar-refractivity contribution in [2.75, 3.05) is 13.2 Å². The molecule has 0 saturated carbocycles. The Kier molecular flexibility index (Phi) is 6.92. The van der Waals surface area contributed by atoms with E-state index in [4.69, 9.17) is 17.0 Å². The first-order valence-electron chi connectivity index (χ1n) is 11.2. The van der Waals surface area contributed by atoms with Crippen molar-refractivity contribution in [1.29, 1.82) is 0 Å². The zero-order valence-electron chi connectivity index (χ0n) is 19.0. The van der Waals surface area contributed by atoms with Crippen LogP contribution in [0, 0.1) is 20.8 Å². The van der Waals surface area contributed by atoms with Crippen LogP contribution in [0.4, 0.5) is 0 Å². The molecule has 0 bridgehead atoms. The van der Waals surface area contributed by atoms with Gasteiger partial charge in [0.2, 0.25) is 0 Å². The molecule has 1 aliphatic rings. The van der Waals surface area contributed by atoms with Crippen LogP contribution in [-0.2, 0) is 17.8 Å². The molecule has 6 heteroatoms. The zero-order chi connectivity index (χ0) is 22.7. The molecule has 0 unspecified atom stereocenters. The molecule has 1 fully saturated rings. The highest BCUT2D eigenvalue weighted by atomic mass is 32.1. The summed E-state index contributed by atoms with van der Waals surface area (Å²) in [6.07, 6.45) is 2.35. The number of rotatable bonds is 6. The number of benzene rings is 2. The Labute approximate surface area is 194 Å². The zero-order valence-corrected chi connectivity index (χ0v) is 19.8. The van der Waals surface area contributed by atoms with Gasteiger partial charge in [0.15, 0.2) is 5.11 Å². The van der Waals surface area contributed by atoms with Crippen LogP contribution >= 0.6 is 12.2 Å². The first-order chi connectivity index (χ1) is 15.4. The number of nitrogens with zero attached hydrogens (tertiary/aromatic N) is 1. The standard InChI is InChI=1S/C26H31N3O2S/c1-17-6-8-20(9-7-17)15-29(26(32)27-14-23-5-4-10-31-23)16-22-13-21-11-18(2)19(3)12-24(21)28-25(22)30/h6-9,11-13,23H,4-5,10,14-16H2,1-3H3,(H,27,32)(H,28,30)/t23-/m0/s1. The number of ether oxygens (including phenoxy) is 1. The van der Waals surface area contributed by atoms with Gasteiger partial charge in [-0.2, -0.15) is 0 Å². The van der Waals surface area contributed by atoms with Crippen LogP contribution in [-0.4, -0.2) is 34.3 Å². The lowest BCUT2D eigenvalue weighted by Crippen LogP contribution is -2.42. The van der Waals surface area contributed by atoms with Gasteiger partial charge in [0, 0.05) is 30.8 Å². The van der Waals surface area contributed by atoms with Gasteiger partial charge < -0.3 is 19.9 Å². The number of H-pyrrole nitrogens is 1. The Bertz CT molecular complexity index is 1160. The Morgan fingerprint density at radius 2 is 1.88 bits per heavy atom. The van der Waals surface area contributed by atoms with E-state index in [-0.39, 0.29) is 11.7 Å². The molecular weight excluding hydrogens is 418 g/mol. The molecule has 0 amide bonds. The summed E-state index contributed by atoms with van der Waals surface area (Å²) in [6.45, 7) is 8.79. The molecule has 4 rings (SSSR count). The van der Waals surface area contributed by atoms with E-state index in [0.717, 1.165) is 35.9 Å². The van der Waals surface area contributed by atoms with Crippen LogP contribution in [0.15, 0.2) is 47.3 Å². The van der Waals surface area contributed by atoms with E-state index in [1.54, 1.807) is 0 Å². The fourth-order valence-corrected chi connectivity index (χ4v) is 4.29. The second-order valence-corrected chi connectivity index (χ2v) is 9.20. The van der Waals surface area contributed by atoms with Crippen molar-refractivity contribution in [3.05, 3.63) is 80.6 Å². The third kappa shape index (κ3) is 5.37. The van der Waals surface area contributed by atoms with Crippen LogP contribution in [0.3, 0.4) is 0 Å². The molecule has 1 aromatic heterocycles. The molecule has 2 N–H and O–H groups in total. The van der Waals surface area contributed by atoms with E-state index in [9.17, 15) is 4.79 Å². The Balaban J connectivity index is 1.58. The predicted octanol–water partition coefficient (Wildman–Crippen LogP) is 4.51. The van der Waals surface area contributed by atoms with E-state index >= 15 is 0 Å². The largest absolute Gasteiger partial charge is 0.376 e. The Hall–Kier alpha value is -2.70. The van der Waals surface area contributed by atoms with Gasteiger partial charge in [-0.15, -0.1) is 0 Å². The van der Waals surface area contributed by atoms with Gasteiger partial charge in [-0.05, 0) is 86.1 Å². The summed E-state index contributed by atoms with van der Waals surface area (Å²) in [5.74, 6) is 0. The quantitative estimate of drug-likeness (QED) is 0.543. The minimum Gasteiger partial charge on any atom is -0.376 e. The molecule has 1 atom stereocenters. The lowest BCUT2D eigenvalue weighted by Gasteiger charge is -2.27. The molecule has 1 aliphatic heterocycles. The highest BCUT2D eigenvalue weighted by molar-refractivity contribution is 7.80. The van der Waals surface area contributed by atoms with Crippen molar-refractivity contribution < 1.29 is 4.74 Å². The van der Waals surface area contributed by atoms with Gasteiger partial charge in [-0.25, -0.2) is 0 Å².